The fourth-order valence-electron chi connectivity index (χ4n) is 2.90. The van der Waals surface area contributed by atoms with E-state index in [1.807, 2.05) is 25.1 Å². The van der Waals surface area contributed by atoms with E-state index in [4.69, 9.17) is 0 Å². The van der Waals surface area contributed by atoms with Crippen LogP contribution in [0.4, 0.5) is 21.5 Å². The van der Waals surface area contributed by atoms with Gasteiger partial charge in [-0.15, -0.1) is 0 Å². The Morgan fingerprint density at radius 2 is 2.08 bits per heavy atom. The van der Waals surface area contributed by atoms with Crippen molar-refractivity contribution in [3.63, 3.8) is 0 Å². The van der Waals surface area contributed by atoms with E-state index in [0.29, 0.717) is 0 Å². The molecule has 0 aromatic heterocycles. The third-order valence-electron chi connectivity index (χ3n) is 4.22. The van der Waals surface area contributed by atoms with E-state index in [9.17, 15) is 24.1 Å². The van der Waals surface area contributed by atoms with Gasteiger partial charge >= 0.3 is 5.69 Å². The SMILES string of the molecule is Cc1cccc(N2C[C@H](C(=O)Nc3ccc(F)c([N+](=O)[O-])c3)CC2=O)c1. The monoisotopic (exact) mass is 357 g/mol. The molecule has 0 spiro atoms. The number of rotatable bonds is 4. The molecule has 1 fully saturated rings. The van der Waals surface area contributed by atoms with Gasteiger partial charge in [-0.3, -0.25) is 19.7 Å². The summed E-state index contributed by atoms with van der Waals surface area (Å²) in [6.07, 6.45) is 0.0447. The number of anilines is 2. The smallest absolute Gasteiger partial charge is 0.306 e. The lowest BCUT2D eigenvalue weighted by molar-refractivity contribution is -0.387. The number of benzene rings is 2. The van der Waals surface area contributed by atoms with Gasteiger partial charge in [0.15, 0.2) is 0 Å². The molecule has 1 heterocycles. The summed E-state index contributed by atoms with van der Waals surface area (Å²) in [4.78, 5) is 36.1. The van der Waals surface area contributed by atoms with Crippen LogP contribution in [0.2, 0.25) is 0 Å². The largest absolute Gasteiger partial charge is 0.326 e. The molecule has 26 heavy (non-hydrogen) atoms. The number of nitro benzene ring substituents is 1. The maximum Gasteiger partial charge on any atom is 0.306 e. The van der Waals surface area contributed by atoms with E-state index in [2.05, 4.69) is 5.32 Å². The Balaban J connectivity index is 1.72. The van der Waals surface area contributed by atoms with Gasteiger partial charge in [-0.2, -0.15) is 4.39 Å². The van der Waals surface area contributed by atoms with Crippen LogP contribution in [-0.4, -0.2) is 23.3 Å². The van der Waals surface area contributed by atoms with Gasteiger partial charge in [0.25, 0.3) is 0 Å². The lowest BCUT2D eigenvalue weighted by atomic mass is 10.1. The Morgan fingerprint density at radius 3 is 2.77 bits per heavy atom. The van der Waals surface area contributed by atoms with E-state index in [1.54, 1.807) is 11.0 Å². The summed E-state index contributed by atoms with van der Waals surface area (Å²) in [5, 5.41) is 13.3. The highest BCUT2D eigenvalue weighted by atomic mass is 19.1. The first kappa shape index (κ1) is 17.5. The van der Waals surface area contributed by atoms with Crippen molar-refractivity contribution >= 4 is 28.9 Å². The van der Waals surface area contributed by atoms with Crippen molar-refractivity contribution in [2.45, 2.75) is 13.3 Å². The molecule has 0 radical (unpaired) electrons. The molecule has 2 amide bonds. The number of hydrogen-bond acceptors (Lipinski definition) is 4. The molecule has 2 aromatic carbocycles. The van der Waals surface area contributed by atoms with Crippen LogP contribution >= 0.6 is 0 Å². The third kappa shape index (κ3) is 3.53. The molecule has 0 aliphatic carbocycles. The Morgan fingerprint density at radius 1 is 1.31 bits per heavy atom. The van der Waals surface area contributed by atoms with Crippen molar-refractivity contribution < 1.29 is 18.9 Å². The van der Waals surface area contributed by atoms with Crippen molar-refractivity contribution in [2.24, 2.45) is 5.92 Å². The highest BCUT2D eigenvalue weighted by Crippen LogP contribution is 2.27. The zero-order chi connectivity index (χ0) is 18.8. The number of carbonyl (C=O) groups excluding carboxylic acids is 2. The zero-order valence-electron chi connectivity index (χ0n) is 13.9. The minimum atomic E-state index is -0.977. The summed E-state index contributed by atoms with van der Waals surface area (Å²) in [5.74, 6) is -2.17. The number of nitrogens with one attached hydrogen (secondary N) is 1. The summed E-state index contributed by atoms with van der Waals surface area (Å²) in [6, 6.07) is 10.5. The molecule has 8 heteroatoms. The molecule has 1 aliphatic heterocycles. The molecule has 1 aliphatic rings. The maximum absolute atomic E-state index is 13.4. The molecule has 134 valence electrons. The van der Waals surface area contributed by atoms with Crippen molar-refractivity contribution in [2.75, 3.05) is 16.8 Å². The summed E-state index contributed by atoms with van der Waals surface area (Å²) < 4.78 is 13.4. The van der Waals surface area contributed by atoms with Gasteiger partial charge in [-0.05, 0) is 36.8 Å². The van der Waals surface area contributed by atoms with Crippen molar-refractivity contribution in [1.82, 2.24) is 0 Å². The molecule has 0 unspecified atom stereocenters. The lowest BCUT2D eigenvalue weighted by Gasteiger charge is -2.17. The second-order valence-electron chi connectivity index (χ2n) is 6.16. The molecule has 1 saturated heterocycles. The summed E-state index contributed by atoms with van der Waals surface area (Å²) in [5.41, 5.74) is 1.13. The van der Waals surface area contributed by atoms with Gasteiger partial charge in [-0.1, -0.05) is 12.1 Å². The second kappa shape index (κ2) is 6.91. The van der Waals surface area contributed by atoms with E-state index in [0.717, 1.165) is 23.4 Å². The summed E-state index contributed by atoms with van der Waals surface area (Å²) >= 11 is 0. The van der Waals surface area contributed by atoms with Crippen LogP contribution in [-0.2, 0) is 9.59 Å². The normalized spacial score (nSPS) is 16.6. The maximum atomic E-state index is 13.4. The van der Waals surface area contributed by atoms with E-state index in [1.165, 1.54) is 6.07 Å². The van der Waals surface area contributed by atoms with Crippen LogP contribution in [0.3, 0.4) is 0 Å². The lowest BCUT2D eigenvalue weighted by Crippen LogP contribution is -2.28. The van der Waals surface area contributed by atoms with Crippen LogP contribution in [0.5, 0.6) is 0 Å². The first-order valence-corrected chi connectivity index (χ1v) is 7.97. The number of nitro groups is 1. The molecule has 1 atom stereocenters. The van der Waals surface area contributed by atoms with Gasteiger partial charge in [-0.25, -0.2) is 0 Å². The van der Waals surface area contributed by atoms with Gasteiger partial charge < -0.3 is 10.2 Å². The summed E-state index contributed by atoms with van der Waals surface area (Å²) in [6.45, 7) is 2.13. The average Bonchev–Trinajstić information content (AvgIpc) is 2.98. The molecule has 0 bridgehead atoms. The molecule has 3 rings (SSSR count). The Labute approximate surface area is 148 Å². The quantitative estimate of drug-likeness (QED) is 0.672. The number of amides is 2. The van der Waals surface area contributed by atoms with Gasteiger partial charge in [0, 0.05) is 30.4 Å². The molecule has 7 nitrogen and oxygen atoms in total. The summed E-state index contributed by atoms with van der Waals surface area (Å²) in [7, 11) is 0. The molecule has 0 saturated carbocycles. The first-order valence-electron chi connectivity index (χ1n) is 7.97. The average molecular weight is 357 g/mol. The topological polar surface area (TPSA) is 92.6 Å². The van der Waals surface area contributed by atoms with Crippen LogP contribution in [0, 0.1) is 28.8 Å². The van der Waals surface area contributed by atoms with E-state index >= 15 is 0 Å². The molecular formula is C18H16FN3O4. The predicted molar refractivity (Wildman–Crippen MR) is 93.3 cm³/mol. The molecular weight excluding hydrogens is 341 g/mol. The fourth-order valence-corrected chi connectivity index (χ4v) is 2.90. The van der Waals surface area contributed by atoms with E-state index < -0.39 is 28.3 Å². The van der Waals surface area contributed by atoms with Crippen LogP contribution < -0.4 is 10.2 Å². The number of carbonyl (C=O) groups is 2. The first-order chi connectivity index (χ1) is 12.3. The molecule has 2 aromatic rings. The van der Waals surface area contributed by atoms with E-state index in [-0.39, 0.29) is 24.6 Å². The highest BCUT2D eigenvalue weighted by molar-refractivity contribution is 6.03. The number of hydrogen-bond donors (Lipinski definition) is 1. The number of aryl methyl sites for hydroxylation is 1. The van der Waals surface area contributed by atoms with Crippen molar-refractivity contribution in [3.8, 4) is 0 Å². The van der Waals surface area contributed by atoms with Crippen LogP contribution in [0.1, 0.15) is 12.0 Å². The Kier molecular flexibility index (Phi) is 4.66. The van der Waals surface area contributed by atoms with Crippen LogP contribution in [0.15, 0.2) is 42.5 Å². The second-order valence-corrected chi connectivity index (χ2v) is 6.16. The van der Waals surface area contributed by atoms with Crippen molar-refractivity contribution in [1.29, 1.82) is 0 Å². The van der Waals surface area contributed by atoms with Crippen molar-refractivity contribution in [3.05, 3.63) is 64.0 Å². The predicted octanol–water partition coefficient (Wildman–Crippen LogP) is 3.03. The fraction of sp³-hybridized carbons (Fsp3) is 0.222. The van der Waals surface area contributed by atoms with Crippen LogP contribution in [0.25, 0.3) is 0 Å². The molecule has 1 N–H and O–H groups in total. The Bertz CT molecular complexity index is 900. The number of nitrogens with zero attached hydrogens (tertiary/aromatic N) is 2. The minimum Gasteiger partial charge on any atom is -0.326 e. The van der Waals surface area contributed by atoms with Gasteiger partial charge in [0.05, 0.1) is 10.8 Å². The zero-order valence-corrected chi connectivity index (χ0v) is 13.9. The standard InChI is InChI=1S/C18H16FN3O4/c1-11-3-2-4-14(7-11)21-10-12(8-17(21)23)18(24)20-13-5-6-15(19)16(9-13)22(25)26/h2-7,9,12H,8,10H2,1H3,(H,20,24)/t12-/m1/s1. The number of halogens is 1. The Hall–Kier alpha value is -3.29. The third-order valence-corrected chi connectivity index (χ3v) is 4.22. The van der Waals surface area contributed by atoms with Gasteiger partial charge in [0.2, 0.25) is 17.6 Å². The highest BCUT2D eigenvalue weighted by Gasteiger charge is 2.35. The van der Waals surface area contributed by atoms with Gasteiger partial charge in [0.1, 0.15) is 0 Å². The minimum absolute atomic E-state index is 0.0447.